The number of anilines is 1. The number of hydrogen-bond acceptors (Lipinski definition) is 5. The Balaban J connectivity index is 1.81. The summed E-state index contributed by atoms with van der Waals surface area (Å²) in [5, 5.41) is 4.70. The molecule has 0 aliphatic rings. The molecule has 0 aliphatic heterocycles. The second-order valence-electron chi connectivity index (χ2n) is 6.23. The first kappa shape index (κ1) is 21.7. The van der Waals surface area contributed by atoms with E-state index in [9.17, 15) is 14.4 Å². The lowest BCUT2D eigenvalue weighted by Gasteiger charge is -2.10. The van der Waals surface area contributed by atoms with Gasteiger partial charge in [0.25, 0.3) is 5.91 Å². The lowest BCUT2D eigenvalue weighted by molar-refractivity contribution is -0.143. The Bertz CT molecular complexity index is 921. The average Bonchev–Trinajstić information content (AvgIpc) is 2.68. The third-order valence-electron chi connectivity index (χ3n) is 3.85. The molecule has 2 aromatic carbocycles. The fraction of sp³-hybridized carbons (Fsp3) is 0.227. The number of ether oxygens (including phenoxy) is 2. The average molecular weight is 396 g/mol. The van der Waals surface area contributed by atoms with Crippen LogP contribution in [-0.4, -0.2) is 31.1 Å². The van der Waals surface area contributed by atoms with Crippen molar-refractivity contribution >= 4 is 29.7 Å². The van der Waals surface area contributed by atoms with Gasteiger partial charge in [0.05, 0.1) is 6.61 Å². The molecule has 2 N–H and O–H groups in total. The van der Waals surface area contributed by atoms with E-state index in [4.69, 9.17) is 9.47 Å². The van der Waals surface area contributed by atoms with Crippen molar-refractivity contribution in [1.82, 2.24) is 5.32 Å². The van der Waals surface area contributed by atoms with Crippen molar-refractivity contribution in [1.29, 1.82) is 0 Å². The van der Waals surface area contributed by atoms with Crippen LogP contribution in [0.1, 0.15) is 23.6 Å². The molecule has 0 saturated carbocycles. The Hall–Kier alpha value is -3.61. The summed E-state index contributed by atoms with van der Waals surface area (Å²) in [6.07, 6.45) is 2.74. The summed E-state index contributed by atoms with van der Waals surface area (Å²) >= 11 is 0. The SMILES string of the molecule is CCOc1ccccc1/C=C/C(=O)OCC(=O)NC(=O)Nc1ccc(C)cc1C. The highest BCUT2D eigenvalue weighted by Gasteiger charge is 2.11. The van der Waals surface area contributed by atoms with Gasteiger partial charge in [0, 0.05) is 17.3 Å². The molecule has 0 aliphatic carbocycles. The van der Waals surface area contributed by atoms with Gasteiger partial charge in [-0.05, 0) is 44.5 Å². The van der Waals surface area contributed by atoms with Gasteiger partial charge < -0.3 is 14.8 Å². The molecule has 0 aromatic heterocycles. The van der Waals surface area contributed by atoms with E-state index in [1.807, 2.05) is 45.0 Å². The number of para-hydroxylation sites is 1. The fourth-order valence-corrected chi connectivity index (χ4v) is 2.52. The molecule has 2 rings (SSSR count). The van der Waals surface area contributed by atoms with Crippen LogP contribution in [0.3, 0.4) is 0 Å². The molecule has 0 spiro atoms. The van der Waals surface area contributed by atoms with Crippen LogP contribution >= 0.6 is 0 Å². The Labute approximate surface area is 169 Å². The van der Waals surface area contributed by atoms with E-state index >= 15 is 0 Å². The monoisotopic (exact) mass is 396 g/mol. The quantitative estimate of drug-likeness (QED) is 0.551. The van der Waals surface area contributed by atoms with Crippen molar-refractivity contribution in [3.8, 4) is 5.75 Å². The van der Waals surface area contributed by atoms with Crippen LogP contribution < -0.4 is 15.4 Å². The summed E-state index contributed by atoms with van der Waals surface area (Å²) in [5.41, 5.74) is 3.24. The fourth-order valence-electron chi connectivity index (χ4n) is 2.52. The highest BCUT2D eigenvalue weighted by atomic mass is 16.5. The summed E-state index contributed by atoms with van der Waals surface area (Å²) in [6.45, 7) is 5.58. The Morgan fingerprint density at radius 2 is 1.83 bits per heavy atom. The Kier molecular flexibility index (Phi) is 7.97. The highest BCUT2D eigenvalue weighted by molar-refractivity contribution is 6.02. The lowest BCUT2D eigenvalue weighted by Crippen LogP contribution is -2.37. The van der Waals surface area contributed by atoms with Crippen LogP contribution in [-0.2, 0) is 14.3 Å². The van der Waals surface area contributed by atoms with E-state index in [1.165, 1.54) is 12.2 Å². The number of benzene rings is 2. The van der Waals surface area contributed by atoms with Crippen molar-refractivity contribution in [2.24, 2.45) is 0 Å². The summed E-state index contributed by atoms with van der Waals surface area (Å²) in [4.78, 5) is 35.5. The van der Waals surface area contributed by atoms with Crippen molar-refractivity contribution < 1.29 is 23.9 Å². The number of amides is 3. The minimum atomic E-state index is -0.733. The molecule has 0 heterocycles. The first-order valence-corrected chi connectivity index (χ1v) is 9.13. The van der Waals surface area contributed by atoms with E-state index in [1.54, 1.807) is 18.2 Å². The molecule has 0 bridgehead atoms. The number of aryl methyl sites for hydroxylation is 2. The predicted octanol–water partition coefficient (Wildman–Crippen LogP) is 3.61. The van der Waals surface area contributed by atoms with Crippen LogP contribution in [0.25, 0.3) is 6.08 Å². The van der Waals surface area contributed by atoms with Gasteiger partial charge >= 0.3 is 12.0 Å². The zero-order chi connectivity index (χ0) is 21.2. The van der Waals surface area contributed by atoms with Gasteiger partial charge in [-0.15, -0.1) is 0 Å². The van der Waals surface area contributed by atoms with E-state index in [-0.39, 0.29) is 0 Å². The van der Waals surface area contributed by atoms with Gasteiger partial charge in [-0.3, -0.25) is 10.1 Å². The molecule has 0 radical (unpaired) electrons. The maximum Gasteiger partial charge on any atom is 0.331 e. The van der Waals surface area contributed by atoms with Crippen molar-refractivity contribution in [3.63, 3.8) is 0 Å². The summed E-state index contributed by atoms with van der Waals surface area (Å²) < 4.78 is 10.3. The minimum absolute atomic E-state index is 0.500. The van der Waals surface area contributed by atoms with Crippen LogP contribution in [0.15, 0.2) is 48.5 Å². The second kappa shape index (κ2) is 10.7. The molecule has 3 amide bonds. The van der Waals surface area contributed by atoms with Gasteiger partial charge in [-0.2, -0.15) is 0 Å². The molecule has 0 atom stereocenters. The molecule has 152 valence electrons. The molecule has 2 aromatic rings. The maximum absolute atomic E-state index is 11.9. The first-order chi connectivity index (χ1) is 13.9. The Morgan fingerprint density at radius 1 is 1.07 bits per heavy atom. The molecule has 29 heavy (non-hydrogen) atoms. The van der Waals surface area contributed by atoms with E-state index < -0.39 is 24.5 Å². The third-order valence-corrected chi connectivity index (χ3v) is 3.85. The minimum Gasteiger partial charge on any atom is -0.493 e. The first-order valence-electron chi connectivity index (χ1n) is 9.13. The molecule has 0 fully saturated rings. The van der Waals surface area contributed by atoms with Gasteiger partial charge in [-0.1, -0.05) is 35.9 Å². The number of rotatable bonds is 7. The molecular formula is C22H24N2O5. The second-order valence-corrected chi connectivity index (χ2v) is 6.23. The molecule has 0 unspecified atom stereocenters. The maximum atomic E-state index is 11.9. The number of urea groups is 1. The van der Waals surface area contributed by atoms with E-state index in [2.05, 4.69) is 10.6 Å². The number of imide groups is 1. The number of nitrogens with one attached hydrogen (secondary N) is 2. The number of esters is 1. The number of hydrogen-bond donors (Lipinski definition) is 2. The third kappa shape index (κ3) is 7.14. The largest absolute Gasteiger partial charge is 0.493 e. The van der Waals surface area contributed by atoms with E-state index in [0.717, 1.165) is 11.1 Å². The highest BCUT2D eigenvalue weighted by Crippen LogP contribution is 2.19. The molecule has 7 heteroatoms. The lowest BCUT2D eigenvalue weighted by atomic mass is 10.1. The zero-order valence-corrected chi connectivity index (χ0v) is 16.7. The Morgan fingerprint density at radius 3 is 2.55 bits per heavy atom. The van der Waals surface area contributed by atoms with Crippen LogP contribution in [0.4, 0.5) is 10.5 Å². The van der Waals surface area contributed by atoms with Crippen molar-refractivity contribution in [3.05, 3.63) is 65.2 Å². The van der Waals surface area contributed by atoms with Crippen molar-refractivity contribution in [2.45, 2.75) is 20.8 Å². The van der Waals surface area contributed by atoms with Gasteiger partial charge in [0.2, 0.25) is 0 Å². The molecule has 0 saturated heterocycles. The predicted molar refractivity (Wildman–Crippen MR) is 111 cm³/mol. The topological polar surface area (TPSA) is 93.7 Å². The van der Waals surface area contributed by atoms with Gasteiger partial charge in [0.1, 0.15) is 5.75 Å². The standard InChI is InChI=1S/C22H24N2O5/c1-4-28-19-8-6-5-7-17(19)10-12-21(26)29-14-20(25)24-22(27)23-18-11-9-15(2)13-16(18)3/h5-13H,4,14H2,1-3H3,(H2,23,24,25,27)/b12-10+. The summed E-state index contributed by atoms with van der Waals surface area (Å²) in [7, 11) is 0. The van der Waals surface area contributed by atoms with Gasteiger partial charge in [-0.25, -0.2) is 9.59 Å². The van der Waals surface area contributed by atoms with Gasteiger partial charge in [0.15, 0.2) is 6.61 Å². The van der Waals surface area contributed by atoms with Crippen LogP contribution in [0.5, 0.6) is 5.75 Å². The van der Waals surface area contributed by atoms with Crippen molar-refractivity contribution in [2.75, 3.05) is 18.5 Å². The van der Waals surface area contributed by atoms with Crippen LogP contribution in [0.2, 0.25) is 0 Å². The zero-order valence-electron chi connectivity index (χ0n) is 16.7. The molecular weight excluding hydrogens is 372 g/mol. The number of carbonyl (C=O) groups is 3. The van der Waals surface area contributed by atoms with Crippen LogP contribution in [0, 0.1) is 13.8 Å². The smallest absolute Gasteiger partial charge is 0.331 e. The summed E-state index contributed by atoms with van der Waals surface area (Å²) in [5.74, 6) is -0.801. The molecule has 7 nitrogen and oxygen atoms in total. The number of carbonyl (C=O) groups excluding carboxylic acids is 3. The normalized spacial score (nSPS) is 10.4. The summed E-state index contributed by atoms with van der Waals surface area (Å²) in [6, 6.07) is 12.0. The van der Waals surface area contributed by atoms with E-state index in [0.29, 0.717) is 23.6 Å².